The molecule has 0 aliphatic rings. The molecule has 33 heavy (non-hydrogen) atoms. The van der Waals surface area contributed by atoms with Gasteiger partial charge < -0.3 is 10.3 Å². The van der Waals surface area contributed by atoms with Crippen LogP contribution in [0.1, 0.15) is 78.4 Å². The van der Waals surface area contributed by atoms with E-state index < -0.39 is 37.4 Å². The molecular weight excluding hydrogens is 423 g/mol. The largest absolute Gasteiger partial charge is 0.383 e. The monoisotopic (exact) mass is 458 g/mol. The lowest BCUT2D eigenvalue weighted by atomic mass is 9.90. The molecule has 0 radical (unpaired) electrons. The van der Waals surface area contributed by atoms with Gasteiger partial charge in [0, 0.05) is 26.3 Å². The fourth-order valence-corrected chi connectivity index (χ4v) is 3.26. The summed E-state index contributed by atoms with van der Waals surface area (Å²) in [5.41, 5.74) is 6.52. The zero-order valence-electron chi connectivity index (χ0n) is 24.7. The third-order valence-corrected chi connectivity index (χ3v) is 5.02. The molecule has 8 nitrogen and oxygen atoms in total. The van der Waals surface area contributed by atoms with Crippen molar-refractivity contribution < 1.29 is 21.9 Å². The van der Waals surface area contributed by atoms with Crippen LogP contribution in [0.4, 0.5) is 16.1 Å². The van der Waals surface area contributed by atoms with Crippen LogP contribution in [0.5, 0.6) is 0 Å². The maximum absolute atomic E-state index is 14.7. The number of nitrogens with zero attached hydrogens (tertiary/aromatic N) is 4. The van der Waals surface area contributed by atoms with Crippen molar-refractivity contribution in [2.75, 3.05) is 11.1 Å². The van der Waals surface area contributed by atoms with Crippen molar-refractivity contribution in [1.29, 1.82) is 5.26 Å². The number of hydrogen-bond donors (Lipinski definition) is 2. The lowest BCUT2D eigenvalue weighted by molar-refractivity contribution is -0.117. The van der Waals surface area contributed by atoms with Gasteiger partial charge in [0.1, 0.15) is 28.8 Å². The molecule has 0 bridgehead atoms. The molecule has 0 spiro atoms. The fraction of sp³-hybridized carbons (Fsp3) is 0.417. The molecule has 174 valence electrons. The van der Waals surface area contributed by atoms with E-state index in [2.05, 4.69) is 15.6 Å². The van der Waals surface area contributed by atoms with E-state index in [1.54, 1.807) is 19.1 Å². The molecule has 0 aliphatic heterocycles. The molecule has 3 rings (SSSR count). The Hall–Kier alpha value is -3.67. The Balaban J connectivity index is 1.87. The van der Waals surface area contributed by atoms with Gasteiger partial charge in [-0.3, -0.25) is 10.1 Å². The standard InChI is InChI=1S/C24H29FN6O2/c1-13(2)31-21(27)17(12-26)20(29-31)16-9-7-15(8-10-16)14(3)22(32)28-23-19(25)18(30-33-23)11-24(4,5)6/h7-10,13-14H,11,27H2,1-6H3,(H,28,32)/i1D3,2D3. The average Bonchev–Trinajstić information content (AvgIpc) is 3.29. The van der Waals surface area contributed by atoms with Gasteiger partial charge in [0.25, 0.3) is 5.88 Å². The molecule has 1 aromatic carbocycles. The van der Waals surface area contributed by atoms with E-state index in [1.807, 2.05) is 26.8 Å². The van der Waals surface area contributed by atoms with Crippen LogP contribution in [0.15, 0.2) is 28.8 Å². The second-order valence-corrected chi connectivity index (χ2v) is 8.91. The van der Waals surface area contributed by atoms with E-state index in [4.69, 9.17) is 18.5 Å². The van der Waals surface area contributed by atoms with Crippen LogP contribution in [-0.2, 0) is 11.2 Å². The second-order valence-electron chi connectivity index (χ2n) is 8.91. The highest BCUT2D eigenvalue weighted by Gasteiger charge is 2.25. The lowest BCUT2D eigenvalue weighted by Gasteiger charge is -2.15. The summed E-state index contributed by atoms with van der Waals surface area (Å²) in [4.78, 5) is 12.8. The van der Waals surface area contributed by atoms with Crippen LogP contribution in [0.3, 0.4) is 0 Å². The summed E-state index contributed by atoms with van der Waals surface area (Å²) in [7, 11) is 0. The van der Waals surface area contributed by atoms with Crippen molar-refractivity contribution in [2.45, 2.75) is 59.8 Å². The second kappa shape index (κ2) is 9.06. The Bertz CT molecular complexity index is 1380. The number of hydrogen-bond acceptors (Lipinski definition) is 6. The van der Waals surface area contributed by atoms with Gasteiger partial charge >= 0.3 is 0 Å². The van der Waals surface area contributed by atoms with Gasteiger partial charge in [-0.05, 0) is 31.6 Å². The van der Waals surface area contributed by atoms with Crippen molar-refractivity contribution in [1.82, 2.24) is 14.9 Å². The normalized spacial score (nSPS) is 16.0. The molecule has 2 aromatic heterocycles. The number of nitrogens with one attached hydrogen (secondary N) is 1. The minimum Gasteiger partial charge on any atom is -0.383 e. The van der Waals surface area contributed by atoms with Crippen molar-refractivity contribution in [2.24, 2.45) is 5.41 Å². The highest BCUT2D eigenvalue weighted by Crippen LogP contribution is 2.30. The Morgan fingerprint density at radius 2 is 2.03 bits per heavy atom. The van der Waals surface area contributed by atoms with Crippen LogP contribution in [0, 0.1) is 22.6 Å². The van der Waals surface area contributed by atoms with E-state index in [0.29, 0.717) is 22.2 Å². The molecule has 0 saturated carbocycles. The first kappa shape index (κ1) is 16.9. The van der Waals surface area contributed by atoms with Crippen molar-refractivity contribution in [3.05, 3.63) is 46.9 Å². The van der Waals surface area contributed by atoms with Crippen molar-refractivity contribution in [3.63, 3.8) is 0 Å². The SMILES string of the molecule is [2H]C([2H])([2H])C(n1nc(-c2ccc(C(C)C(=O)Nc3onc(CC(C)(C)C)c3F)cc2)c(C#N)c1N)C([2H])([2H])[2H]. The predicted molar refractivity (Wildman–Crippen MR) is 124 cm³/mol. The van der Waals surface area contributed by atoms with E-state index in [1.165, 1.54) is 12.1 Å². The molecule has 1 amide bonds. The van der Waals surface area contributed by atoms with Gasteiger partial charge in [0.05, 0.1) is 5.92 Å². The number of aromatic nitrogens is 3. The topological polar surface area (TPSA) is 123 Å². The number of rotatable bonds is 6. The van der Waals surface area contributed by atoms with Gasteiger partial charge in [-0.1, -0.05) is 50.2 Å². The molecule has 3 N–H and O–H groups in total. The minimum atomic E-state index is -2.97. The number of amides is 1. The Morgan fingerprint density at radius 1 is 1.36 bits per heavy atom. The Kier molecular flexibility index (Phi) is 4.64. The summed E-state index contributed by atoms with van der Waals surface area (Å²) in [5.74, 6) is -2.79. The van der Waals surface area contributed by atoms with E-state index in [9.17, 15) is 14.4 Å². The lowest BCUT2D eigenvalue weighted by Crippen LogP contribution is -2.19. The number of anilines is 2. The Labute approximate surface area is 201 Å². The summed E-state index contributed by atoms with van der Waals surface area (Å²) < 4.78 is 66.3. The van der Waals surface area contributed by atoms with Crippen LogP contribution < -0.4 is 11.1 Å². The van der Waals surface area contributed by atoms with Crippen LogP contribution in [0.25, 0.3) is 11.3 Å². The van der Waals surface area contributed by atoms with Gasteiger partial charge in [-0.2, -0.15) is 14.8 Å². The third kappa shape index (κ3) is 5.06. The smallest absolute Gasteiger partial charge is 0.267 e. The van der Waals surface area contributed by atoms with Gasteiger partial charge in [0.2, 0.25) is 11.7 Å². The number of carbonyl (C=O) groups excluding carboxylic acids is 1. The summed E-state index contributed by atoms with van der Waals surface area (Å²) >= 11 is 0. The molecule has 0 fully saturated rings. The minimum absolute atomic E-state index is 0.00716. The Morgan fingerprint density at radius 3 is 2.61 bits per heavy atom. The number of halogens is 1. The summed E-state index contributed by atoms with van der Waals surface area (Å²) in [6.07, 6.45) is 0.319. The van der Waals surface area contributed by atoms with E-state index in [0.717, 1.165) is 0 Å². The molecule has 9 heteroatoms. The van der Waals surface area contributed by atoms with E-state index >= 15 is 0 Å². The highest BCUT2D eigenvalue weighted by molar-refractivity contribution is 5.94. The number of carbonyl (C=O) groups is 1. The molecular formula is C24H29FN6O2. The highest BCUT2D eigenvalue weighted by atomic mass is 19.1. The van der Waals surface area contributed by atoms with Crippen LogP contribution in [0.2, 0.25) is 0 Å². The molecule has 2 heterocycles. The predicted octanol–water partition coefficient (Wildman–Crippen LogP) is 5.04. The van der Waals surface area contributed by atoms with Crippen LogP contribution in [-0.4, -0.2) is 20.8 Å². The third-order valence-electron chi connectivity index (χ3n) is 5.02. The quantitative estimate of drug-likeness (QED) is 0.533. The number of benzene rings is 1. The number of nitrogens with two attached hydrogens (primary N) is 1. The maximum Gasteiger partial charge on any atom is 0.267 e. The zero-order chi connectivity index (χ0) is 29.5. The van der Waals surface area contributed by atoms with Gasteiger partial charge in [-0.15, -0.1) is 0 Å². The summed E-state index contributed by atoms with van der Waals surface area (Å²) in [5, 5.41) is 19.9. The summed E-state index contributed by atoms with van der Waals surface area (Å²) in [6.45, 7) is 1.41. The first-order valence-corrected chi connectivity index (χ1v) is 10.2. The molecule has 0 aliphatic carbocycles. The first-order chi connectivity index (χ1) is 17.8. The average molecular weight is 459 g/mol. The molecule has 1 atom stereocenters. The fourth-order valence-electron chi connectivity index (χ4n) is 3.26. The molecule has 0 saturated heterocycles. The van der Waals surface area contributed by atoms with Crippen molar-refractivity contribution >= 4 is 17.6 Å². The van der Waals surface area contributed by atoms with Crippen LogP contribution >= 0.6 is 0 Å². The molecule has 1 unspecified atom stereocenters. The van der Waals surface area contributed by atoms with Gasteiger partial charge in [0.15, 0.2) is 0 Å². The summed E-state index contributed by atoms with van der Waals surface area (Å²) in [6, 6.07) is 6.00. The van der Waals surface area contributed by atoms with E-state index in [-0.39, 0.29) is 34.1 Å². The maximum atomic E-state index is 14.7. The molecule has 3 aromatic rings. The number of nitrogen functional groups attached to an aromatic ring is 1. The zero-order valence-corrected chi connectivity index (χ0v) is 18.7. The van der Waals surface area contributed by atoms with Gasteiger partial charge in [-0.25, -0.2) is 4.68 Å². The number of nitriles is 1. The first-order valence-electron chi connectivity index (χ1n) is 13.2. The van der Waals surface area contributed by atoms with Crippen molar-refractivity contribution in [3.8, 4) is 17.3 Å².